The van der Waals surface area contributed by atoms with Gasteiger partial charge in [0, 0.05) is 36.5 Å². The van der Waals surface area contributed by atoms with Gasteiger partial charge in [-0.15, -0.1) is 0 Å². The molecule has 0 aromatic carbocycles. The van der Waals surface area contributed by atoms with E-state index in [0.717, 1.165) is 28.9 Å². The van der Waals surface area contributed by atoms with Crippen molar-refractivity contribution in [3.63, 3.8) is 0 Å². The van der Waals surface area contributed by atoms with Crippen LogP contribution in [0.1, 0.15) is 28.9 Å². The number of carbonyl (C=O) groups excluding carboxylic acids is 1. The predicted octanol–water partition coefficient (Wildman–Crippen LogP) is 2.70. The molecular weight excluding hydrogens is 332 g/mol. The third-order valence-electron chi connectivity index (χ3n) is 3.58. The quantitative estimate of drug-likeness (QED) is 0.892. The van der Waals surface area contributed by atoms with Gasteiger partial charge in [0.25, 0.3) is 5.91 Å². The monoisotopic (exact) mass is 348 g/mol. The maximum absolute atomic E-state index is 11.9. The molecule has 1 aliphatic heterocycles. The topological polar surface area (TPSA) is 61.0 Å². The number of nitrogens with zero attached hydrogens (tertiary/aromatic N) is 2. The highest BCUT2D eigenvalue weighted by atomic mass is 79.9. The van der Waals surface area contributed by atoms with Gasteiger partial charge in [-0.2, -0.15) is 0 Å². The summed E-state index contributed by atoms with van der Waals surface area (Å²) in [5.41, 5.74) is 1.54. The molecule has 2 aromatic heterocycles. The van der Waals surface area contributed by atoms with Gasteiger partial charge < -0.3 is 15.2 Å². The van der Waals surface area contributed by atoms with Gasteiger partial charge in [-0.25, -0.2) is 4.98 Å². The number of halogens is 1. The zero-order valence-electron chi connectivity index (χ0n) is 11.6. The summed E-state index contributed by atoms with van der Waals surface area (Å²) in [5.74, 6) is 0.903. The molecule has 1 amide bonds. The zero-order chi connectivity index (χ0) is 14.7. The smallest absolute Gasteiger partial charge is 0.268 e. The average molecular weight is 349 g/mol. The van der Waals surface area contributed by atoms with Gasteiger partial charge in [-0.3, -0.25) is 4.79 Å². The number of H-pyrrole nitrogens is 1. The first kappa shape index (κ1) is 14.1. The predicted molar refractivity (Wildman–Crippen MR) is 85.3 cm³/mol. The van der Waals surface area contributed by atoms with Crippen LogP contribution >= 0.6 is 15.9 Å². The number of amides is 1. The molecule has 2 aromatic rings. The van der Waals surface area contributed by atoms with E-state index < -0.39 is 0 Å². The van der Waals surface area contributed by atoms with Crippen LogP contribution < -0.4 is 10.2 Å². The second kappa shape index (κ2) is 6.30. The molecule has 110 valence electrons. The third-order valence-corrected chi connectivity index (χ3v) is 4.04. The number of anilines is 1. The van der Waals surface area contributed by atoms with Gasteiger partial charge in [0.1, 0.15) is 11.5 Å². The Bertz CT molecular complexity index is 617. The molecule has 1 aliphatic rings. The molecule has 0 unspecified atom stereocenters. The van der Waals surface area contributed by atoms with Crippen molar-refractivity contribution in [3.05, 3.63) is 46.3 Å². The molecule has 0 bridgehead atoms. The normalized spacial score (nSPS) is 14.4. The molecule has 0 spiro atoms. The Balaban J connectivity index is 1.56. The molecule has 0 aliphatic carbocycles. The van der Waals surface area contributed by atoms with Crippen LogP contribution in [0.5, 0.6) is 0 Å². The first-order chi connectivity index (χ1) is 10.2. The highest BCUT2D eigenvalue weighted by Gasteiger charge is 2.13. The molecule has 5 nitrogen and oxygen atoms in total. The summed E-state index contributed by atoms with van der Waals surface area (Å²) in [4.78, 5) is 21.6. The van der Waals surface area contributed by atoms with Gasteiger partial charge >= 0.3 is 0 Å². The molecule has 6 heteroatoms. The Morgan fingerprint density at radius 2 is 2.19 bits per heavy atom. The molecular formula is C15H17BrN4O. The van der Waals surface area contributed by atoms with Crippen molar-refractivity contribution >= 4 is 27.7 Å². The van der Waals surface area contributed by atoms with Crippen molar-refractivity contribution in [2.24, 2.45) is 0 Å². The molecule has 1 fully saturated rings. The van der Waals surface area contributed by atoms with Crippen LogP contribution in [0.15, 0.2) is 35.1 Å². The standard InChI is InChI=1S/C15H17BrN4O/c16-12-7-13(17-10-12)15(21)19-9-11-3-4-14(18-8-11)20-5-1-2-6-20/h3-4,7-8,10,17H,1-2,5-6,9H2,(H,19,21). The summed E-state index contributed by atoms with van der Waals surface area (Å²) >= 11 is 3.31. The van der Waals surface area contributed by atoms with E-state index in [2.05, 4.69) is 36.1 Å². The molecule has 21 heavy (non-hydrogen) atoms. The average Bonchev–Trinajstić information content (AvgIpc) is 3.16. The highest BCUT2D eigenvalue weighted by molar-refractivity contribution is 9.10. The number of rotatable bonds is 4. The van der Waals surface area contributed by atoms with Crippen LogP contribution in [0.3, 0.4) is 0 Å². The zero-order valence-corrected chi connectivity index (χ0v) is 13.2. The van der Waals surface area contributed by atoms with Gasteiger partial charge in [-0.05, 0) is 46.5 Å². The summed E-state index contributed by atoms with van der Waals surface area (Å²) in [5, 5.41) is 2.87. The van der Waals surface area contributed by atoms with Crippen molar-refractivity contribution in [2.75, 3.05) is 18.0 Å². The summed E-state index contributed by atoms with van der Waals surface area (Å²) in [6.45, 7) is 2.65. The van der Waals surface area contributed by atoms with Gasteiger partial charge in [0.05, 0.1) is 0 Å². The molecule has 0 saturated carbocycles. The third kappa shape index (κ3) is 3.44. The van der Waals surface area contributed by atoms with E-state index in [0.29, 0.717) is 12.2 Å². The summed E-state index contributed by atoms with van der Waals surface area (Å²) in [6, 6.07) is 5.80. The fraction of sp³-hybridized carbons (Fsp3) is 0.333. The molecule has 0 radical (unpaired) electrons. The first-order valence-corrected chi connectivity index (χ1v) is 7.84. The van der Waals surface area contributed by atoms with Crippen LogP contribution in [0, 0.1) is 0 Å². The molecule has 2 N–H and O–H groups in total. The lowest BCUT2D eigenvalue weighted by Crippen LogP contribution is -2.23. The summed E-state index contributed by atoms with van der Waals surface area (Å²) in [7, 11) is 0. The fourth-order valence-electron chi connectivity index (χ4n) is 2.43. The van der Waals surface area contributed by atoms with Gasteiger partial charge in [-0.1, -0.05) is 6.07 Å². The largest absolute Gasteiger partial charge is 0.357 e. The molecule has 0 atom stereocenters. The Morgan fingerprint density at radius 1 is 1.38 bits per heavy atom. The minimum absolute atomic E-state index is 0.121. The Morgan fingerprint density at radius 3 is 2.81 bits per heavy atom. The number of hydrogen-bond donors (Lipinski definition) is 2. The Labute approximate surface area is 131 Å². The second-order valence-corrected chi connectivity index (χ2v) is 6.05. The van der Waals surface area contributed by atoms with Crippen molar-refractivity contribution in [2.45, 2.75) is 19.4 Å². The van der Waals surface area contributed by atoms with Gasteiger partial charge in [0.15, 0.2) is 0 Å². The lowest BCUT2D eigenvalue weighted by molar-refractivity contribution is 0.0946. The maximum atomic E-state index is 11.9. The molecule has 3 rings (SSSR count). The number of pyridine rings is 1. The van der Waals surface area contributed by atoms with Gasteiger partial charge in [0.2, 0.25) is 0 Å². The maximum Gasteiger partial charge on any atom is 0.268 e. The number of aromatic amines is 1. The fourth-order valence-corrected chi connectivity index (χ4v) is 2.77. The Hall–Kier alpha value is -1.82. The van der Waals surface area contributed by atoms with E-state index in [1.165, 1.54) is 12.8 Å². The van der Waals surface area contributed by atoms with Crippen LogP contribution in [0.2, 0.25) is 0 Å². The molecule has 1 saturated heterocycles. The molecule has 3 heterocycles. The number of nitrogens with one attached hydrogen (secondary N) is 2. The Kier molecular flexibility index (Phi) is 4.24. The number of aromatic nitrogens is 2. The minimum atomic E-state index is -0.121. The van der Waals surface area contributed by atoms with E-state index in [9.17, 15) is 4.79 Å². The first-order valence-electron chi connectivity index (χ1n) is 7.04. The SMILES string of the molecule is O=C(NCc1ccc(N2CCCC2)nc1)c1cc(Br)c[nH]1. The van der Waals surface area contributed by atoms with E-state index >= 15 is 0 Å². The van der Waals surface area contributed by atoms with Crippen LogP contribution in [-0.4, -0.2) is 29.0 Å². The van der Waals surface area contributed by atoms with Crippen molar-refractivity contribution < 1.29 is 4.79 Å². The van der Waals surface area contributed by atoms with E-state index in [1.54, 1.807) is 12.3 Å². The van der Waals surface area contributed by atoms with Crippen LogP contribution in [0.4, 0.5) is 5.82 Å². The van der Waals surface area contributed by atoms with Crippen LogP contribution in [0.25, 0.3) is 0 Å². The van der Waals surface area contributed by atoms with E-state index in [4.69, 9.17) is 0 Å². The lowest BCUT2D eigenvalue weighted by Gasteiger charge is -2.16. The highest BCUT2D eigenvalue weighted by Crippen LogP contribution is 2.17. The number of hydrogen-bond acceptors (Lipinski definition) is 3. The van der Waals surface area contributed by atoms with Crippen molar-refractivity contribution in [1.29, 1.82) is 0 Å². The number of carbonyl (C=O) groups is 1. The van der Waals surface area contributed by atoms with E-state index in [-0.39, 0.29) is 5.91 Å². The summed E-state index contributed by atoms with van der Waals surface area (Å²) < 4.78 is 0.865. The minimum Gasteiger partial charge on any atom is -0.357 e. The lowest BCUT2D eigenvalue weighted by atomic mass is 10.2. The van der Waals surface area contributed by atoms with Crippen LogP contribution in [-0.2, 0) is 6.54 Å². The van der Waals surface area contributed by atoms with Crippen molar-refractivity contribution in [1.82, 2.24) is 15.3 Å². The summed E-state index contributed by atoms with van der Waals surface area (Å²) in [6.07, 6.45) is 6.05. The van der Waals surface area contributed by atoms with E-state index in [1.807, 2.05) is 18.3 Å². The van der Waals surface area contributed by atoms with Crippen molar-refractivity contribution in [3.8, 4) is 0 Å². The second-order valence-electron chi connectivity index (χ2n) is 5.13.